The van der Waals surface area contributed by atoms with E-state index in [4.69, 9.17) is 0 Å². The molecular formula is C23H23N5O. The number of imidazole rings is 1. The van der Waals surface area contributed by atoms with Crippen LogP contribution in [0.4, 0.5) is 5.69 Å². The lowest BCUT2D eigenvalue weighted by molar-refractivity contribution is 0.323. The average molecular weight is 385 g/mol. The van der Waals surface area contributed by atoms with Gasteiger partial charge in [-0.1, -0.05) is 48.5 Å². The van der Waals surface area contributed by atoms with Crippen molar-refractivity contribution in [3.05, 3.63) is 89.1 Å². The van der Waals surface area contributed by atoms with Crippen molar-refractivity contribution in [3.63, 3.8) is 0 Å². The summed E-state index contributed by atoms with van der Waals surface area (Å²) in [6, 6.07) is 20.7. The number of likely N-dealkylation sites (tertiary alicyclic amines) is 1. The van der Waals surface area contributed by atoms with E-state index in [1.54, 1.807) is 6.20 Å². The van der Waals surface area contributed by atoms with Crippen LogP contribution in [0.15, 0.2) is 77.9 Å². The van der Waals surface area contributed by atoms with Crippen LogP contribution in [-0.2, 0) is 6.54 Å². The highest BCUT2D eigenvalue weighted by atomic mass is 16.1. The molecule has 2 aromatic heterocycles. The second-order valence-electron chi connectivity index (χ2n) is 7.54. The Bertz CT molecular complexity index is 1170. The summed E-state index contributed by atoms with van der Waals surface area (Å²) in [4.78, 5) is 22.5. The molecule has 146 valence electrons. The number of aromatic nitrogens is 3. The summed E-state index contributed by atoms with van der Waals surface area (Å²) in [6.07, 6.45) is 4.73. The van der Waals surface area contributed by atoms with E-state index in [0.29, 0.717) is 18.1 Å². The molecule has 1 aliphatic heterocycles. The zero-order valence-electron chi connectivity index (χ0n) is 16.1. The maximum absolute atomic E-state index is 12.6. The second kappa shape index (κ2) is 7.56. The van der Waals surface area contributed by atoms with Crippen molar-refractivity contribution >= 4 is 11.2 Å². The van der Waals surface area contributed by atoms with Gasteiger partial charge < -0.3 is 10.3 Å². The Balaban J connectivity index is 1.35. The minimum absolute atomic E-state index is 0.102. The molecule has 1 fully saturated rings. The molecule has 3 heterocycles. The first-order chi connectivity index (χ1) is 14.3. The standard InChI is InChI=1S/C23H23N5O/c29-23-21-13-24-22(17-7-3-1-4-8-17)28(21)16-20(26-23)15-27-12-11-19(14-27)25-18-9-5-2-6-10-18/h1-10,13,16,19,25H,11-12,14-15H2,(H,26,29). The number of benzene rings is 2. The lowest BCUT2D eigenvalue weighted by Gasteiger charge is -2.17. The van der Waals surface area contributed by atoms with E-state index < -0.39 is 0 Å². The van der Waals surface area contributed by atoms with Crippen LogP contribution in [0, 0.1) is 0 Å². The van der Waals surface area contributed by atoms with Crippen LogP contribution in [0.3, 0.4) is 0 Å². The minimum atomic E-state index is -0.102. The summed E-state index contributed by atoms with van der Waals surface area (Å²) in [5.74, 6) is 0.790. The molecule has 1 saturated heterocycles. The Morgan fingerprint density at radius 1 is 1.07 bits per heavy atom. The first-order valence-electron chi connectivity index (χ1n) is 9.95. The third kappa shape index (κ3) is 3.67. The van der Waals surface area contributed by atoms with E-state index in [0.717, 1.165) is 42.3 Å². The number of fused-ring (bicyclic) bond motifs is 1. The highest BCUT2D eigenvalue weighted by molar-refractivity contribution is 5.61. The summed E-state index contributed by atoms with van der Waals surface area (Å²) in [6.45, 7) is 2.66. The molecule has 0 amide bonds. The van der Waals surface area contributed by atoms with Gasteiger partial charge in [0.2, 0.25) is 0 Å². The molecule has 2 aromatic carbocycles. The van der Waals surface area contributed by atoms with Crippen molar-refractivity contribution in [2.45, 2.75) is 19.0 Å². The number of para-hydroxylation sites is 1. The third-order valence-electron chi connectivity index (χ3n) is 5.43. The number of hydrogen-bond acceptors (Lipinski definition) is 4. The van der Waals surface area contributed by atoms with Crippen molar-refractivity contribution in [1.29, 1.82) is 0 Å². The van der Waals surface area contributed by atoms with Crippen LogP contribution in [0.25, 0.3) is 16.9 Å². The average Bonchev–Trinajstić information content (AvgIpc) is 3.37. The zero-order valence-corrected chi connectivity index (χ0v) is 16.1. The van der Waals surface area contributed by atoms with Crippen molar-refractivity contribution in [3.8, 4) is 11.4 Å². The normalized spacial score (nSPS) is 17.0. The Labute approximate surface area is 168 Å². The fourth-order valence-corrected chi connectivity index (χ4v) is 4.04. The minimum Gasteiger partial charge on any atom is -0.381 e. The molecular weight excluding hydrogens is 362 g/mol. The quantitative estimate of drug-likeness (QED) is 0.553. The van der Waals surface area contributed by atoms with Gasteiger partial charge in [-0.3, -0.25) is 14.1 Å². The molecule has 0 aliphatic carbocycles. The second-order valence-corrected chi connectivity index (χ2v) is 7.54. The van der Waals surface area contributed by atoms with Crippen LogP contribution in [0.1, 0.15) is 12.1 Å². The predicted molar refractivity (Wildman–Crippen MR) is 115 cm³/mol. The van der Waals surface area contributed by atoms with Crippen LogP contribution in [0.2, 0.25) is 0 Å². The largest absolute Gasteiger partial charge is 0.381 e. The molecule has 0 spiro atoms. The molecule has 1 aliphatic rings. The van der Waals surface area contributed by atoms with Gasteiger partial charge in [0.25, 0.3) is 5.56 Å². The third-order valence-corrected chi connectivity index (χ3v) is 5.43. The summed E-state index contributed by atoms with van der Waals surface area (Å²) < 4.78 is 1.90. The molecule has 0 radical (unpaired) electrons. The number of nitrogens with one attached hydrogen (secondary N) is 2. The van der Waals surface area contributed by atoms with Gasteiger partial charge >= 0.3 is 0 Å². The van der Waals surface area contributed by atoms with E-state index in [2.05, 4.69) is 32.3 Å². The molecule has 0 bridgehead atoms. The van der Waals surface area contributed by atoms with Crippen molar-refractivity contribution in [2.75, 3.05) is 18.4 Å². The topological polar surface area (TPSA) is 65.4 Å². The number of anilines is 1. The van der Waals surface area contributed by atoms with Crippen LogP contribution < -0.4 is 10.9 Å². The van der Waals surface area contributed by atoms with Gasteiger partial charge in [-0.05, 0) is 18.6 Å². The number of hydrogen-bond donors (Lipinski definition) is 2. The number of aromatic amines is 1. The highest BCUT2D eigenvalue weighted by Gasteiger charge is 2.23. The van der Waals surface area contributed by atoms with E-state index in [1.807, 2.05) is 59.1 Å². The smallest absolute Gasteiger partial charge is 0.274 e. The van der Waals surface area contributed by atoms with Crippen molar-refractivity contribution in [1.82, 2.24) is 19.3 Å². The molecule has 0 saturated carbocycles. The predicted octanol–water partition coefficient (Wildman–Crippen LogP) is 3.38. The Morgan fingerprint density at radius 3 is 2.62 bits per heavy atom. The van der Waals surface area contributed by atoms with E-state index in [9.17, 15) is 4.79 Å². The van der Waals surface area contributed by atoms with Crippen molar-refractivity contribution < 1.29 is 0 Å². The van der Waals surface area contributed by atoms with Gasteiger partial charge in [-0.15, -0.1) is 0 Å². The van der Waals surface area contributed by atoms with Gasteiger partial charge in [-0.2, -0.15) is 0 Å². The summed E-state index contributed by atoms with van der Waals surface area (Å²) >= 11 is 0. The number of H-pyrrole nitrogens is 1. The van der Waals surface area contributed by atoms with Gasteiger partial charge in [0.15, 0.2) is 0 Å². The monoisotopic (exact) mass is 385 g/mol. The number of nitrogens with zero attached hydrogens (tertiary/aromatic N) is 3. The number of rotatable bonds is 5. The zero-order chi connectivity index (χ0) is 19.6. The Kier molecular flexibility index (Phi) is 4.62. The molecule has 29 heavy (non-hydrogen) atoms. The van der Waals surface area contributed by atoms with Crippen LogP contribution in [-0.4, -0.2) is 38.4 Å². The van der Waals surface area contributed by atoms with Crippen LogP contribution in [0.5, 0.6) is 0 Å². The van der Waals surface area contributed by atoms with Gasteiger partial charge in [0.1, 0.15) is 11.3 Å². The van der Waals surface area contributed by atoms with E-state index in [1.165, 1.54) is 0 Å². The SMILES string of the molecule is O=c1[nH]c(CN2CCC(Nc3ccccc3)C2)cn2c(-c3ccccc3)ncc12. The van der Waals surface area contributed by atoms with Gasteiger partial charge in [0, 0.05) is 48.8 Å². The summed E-state index contributed by atoms with van der Waals surface area (Å²) in [5, 5.41) is 3.60. The molecule has 2 N–H and O–H groups in total. The van der Waals surface area contributed by atoms with Crippen LogP contribution >= 0.6 is 0 Å². The molecule has 6 heteroatoms. The summed E-state index contributed by atoms with van der Waals surface area (Å²) in [5.41, 5.74) is 3.52. The lowest BCUT2D eigenvalue weighted by atomic mass is 10.2. The van der Waals surface area contributed by atoms with E-state index >= 15 is 0 Å². The fourth-order valence-electron chi connectivity index (χ4n) is 4.04. The highest BCUT2D eigenvalue weighted by Crippen LogP contribution is 2.20. The van der Waals surface area contributed by atoms with Crippen molar-refractivity contribution in [2.24, 2.45) is 0 Å². The molecule has 5 rings (SSSR count). The molecule has 1 unspecified atom stereocenters. The molecule has 1 atom stereocenters. The molecule has 4 aromatic rings. The van der Waals surface area contributed by atoms with Gasteiger partial charge in [-0.25, -0.2) is 4.98 Å². The lowest BCUT2D eigenvalue weighted by Crippen LogP contribution is -2.27. The maximum Gasteiger partial charge on any atom is 0.274 e. The first kappa shape index (κ1) is 17.7. The first-order valence-corrected chi connectivity index (χ1v) is 9.95. The van der Waals surface area contributed by atoms with Gasteiger partial charge in [0.05, 0.1) is 6.20 Å². The maximum atomic E-state index is 12.6. The Hall–Kier alpha value is -3.38. The fraction of sp³-hybridized carbons (Fsp3) is 0.217. The molecule has 6 nitrogen and oxygen atoms in total. The van der Waals surface area contributed by atoms with E-state index in [-0.39, 0.29) is 5.56 Å². The summed E-state index contributed by atoms with van der Waals surface area (Å²) in [7, 11) is 0. The Morgan fingerprint density at radius 2 is 1.83 bits per heavy atom.